The Labute approximate surface area is 164 Å². The summed E-state index contributed by atoms with van der Waals surface area (Å²) in [5.41, 5.74) is 3.17. The van der Waals surface area contributed by atoms with Crippen LogP contribution in [0.3, 0.4) is 0 Å². The Balaban J connectivity index is 1.59. The Morgan fingerprint density at radius 2 is 1.86 bits per heavy atom. The van der Waals surface area contributed by atoms with Crippen molar-refractivity contribution in [2.45, 2.75) is 50.9 Å². The van der Waals surface area contributed by atoms with Crippen LogP contribution < -0.4 is 5.32 Å². The number of hydrogen-bond donors (Lipinski definition) is 4. The van der Waals surface area contributed by atoms with Crippen molar-refractivity contribution in [3.8, 4) is 11.5 Å². The number of amides is 1. The van der Waals surface area contributed by atoms with Crippen LogP contribution in [-0.4, -0.2) is 21.1 Å². The van der Waals surface area contributed by atoms with Gasteiger partial charge in [-0.1, -0.05) is 26.8 Å². The van der Waals surface area contributed by atoms with Crippen LogP contribution in [0.5, 0.6) is 11.5 Å². The van der Waals surface area contributed by atoms with Crippen molar-refractivity contribution in [1.29, 1.82) is 0 Å². The smallest absolute Gasteiger partial charge is 0.235 e. The minimum absolute atomic E-state index is 0.0708. The van der Waals surface area contributed by atoms with Crippen LogP contribution in [0.15, 0.2) is 42.5 Å². The Bertz CT molecular complexity index is 1060. The van der Waals surface area contributed by atoms with Gasteiger partial charge in [-0.2, -0.15) is 0 Å². The van der Waals surface area contributed by atoms with Gasteiger partial charge in [0, 0.05) is 27.7 Å². The van der Waals surface area contributed by atoms with E-state index in [9.17, 15) is 15.0 Å². The molecule has 0 spiro atoms. The second-order valence-electron chi connectivity index (χ2n) is 8.46. The van der Waals surface area contributed by atoms with Crippen molar-refractivity contribution in [2.75, 3.05) is 5.32 Å². The molecule has 1 aliphatic carbocycles. The van der Waals surface area contributed by atoms with E-state index in [1.54, 1.807) is 6.07 Å². The number of anilines is 1. The summed E-state index contributed by atoms with van der Waals surface area (Å²) >= 11 is 0. The van der Waals surface area contributed by atoms with Gasteiger partial charge in [0.25, 0.3) is 0 Å². The molecule has 5 nitrogen and oxygen atoms in total. The van der Waals surface area contributed by atoms with Crippen molar-refractivity contribution in [1.82, 2.24) is 4.98 Å². The Morgan fingerprint density at radius 1 is 1.11 bits per heavy atom. The van der Waals surface area contributed by atoms with E-state index >= 15 is 0 Å². The highest BCUT2D eigenvalue weighted by atomic mass is 16.3. The monoisotopic (exact) mass is 378 g/mol. The van der Waals surface area contributed by atoms with Gasteiger partial charge in [-0.05, 0) is 61.2 Å². The van der Waals surface area contributed by atoms with E-state index < -0.39 is 5.41 Å². The first-order valence-electron chi connectivity index (χ1n) is 9.72. The summed E-state index contributed by atoms with van der Waals surface area (Å²) in [5, 5.41) is 23.4. The molecule has 4 N–H and O–H groups in total. The predicted molar refractivity (Wildman–Crippen MR) is 111 cm³/mol. The number of H-pyrrole nitrogens is 1. The highest BCUT2D eigenvalue weighted by Gasteiger charge is 2.51. The Kier molecular flexibility index (Phi) is 4.14. The number of hydrogen-bond acceptors (Lipinski definition) is 3. The highest BCUT2D eigenvalue weighted by Crippen LogP contribution is 2.50. The lowest BCUT2D eigenvalue weighted by Gasteiger charge is -2.20. The number of aromatic nitrogens is 1. The topological polar surface area (TPSA) is 85.3 Å². The van der Waals surface area contributed by atoms with Crippen molar-refractivity contribution >= 4 is 22.5 Å². The van der Waals surface area contributed by atoms with Crippen molar-refractivity contribution in [3.05, 3.63) is 53.7 Å². The van der Waals surface area contributed by atoms with Gasteiger partial charge in [-0.25, -0.2) is 0 Å². The maximum Gasteiger partial charge on any atom is 0.235 e. The third-order valence-corrected chi connectivity index (χ3v) is 6.20. The normalized spacial score (nSPS) is 15.5. The number of benzene rings is 2. The molecule has 1 fully saturated rings. The zero-order valence-electron chi connectivity index (χ0n) is 16.5. The lowest BCUT2D eigenvalue weighted by Crippen LogP contribution is -2.27. The number of rotatable bonds is 5. The molecule has 2 aromatic carbocycles. The molecule has 0 bridgehead atoms. The summed E-state index contributed by atoms with van der Waals surface area (Å²) in [7, 11) is 0. The average Bonchev–Trinajstić information content (AvgIpc) is 3.37. The zero-order chi connectivity index (χ0) is 20.1. The quantitative estimate of drug-likeness (QED) is 0.475. The first-order valence-corrected chi connectivity index (χ1v) is 9.72. The number of phenolic OH excluding ortho intramolecular Hbond substituents is 2. The minimum Gasteiger partial charge on any atom is -0.504 e. The van der Waals surface area contributed by atoms with Gasteiger partial charge in [0.15, 0.2) is 11.5 Å². The number of phenols is 2. The number of nitrogens with one attached hydrogen (secondary N) is 2. The summed E-state index contributed by atoms with van der Waals surface area (Å²) in [6.45, 7) is 6.60. The van der Waals surface area contributed by atoms with Crippen LogP contribution in [0.4, 0.5) is 5.69 Å². The molecule has 1 aromatic heterocycles. The largest absolute Gasteiger partial charge is 0.504 e. The van der Waals surface area contributed by atoms with E-state index in [4.69, 9.17) is 0 Å². The van der Waals surface area contributed by atoms with E-state index in [1.807, 2.05) is 18.2 Å². The first-order chi connectivity index (χ1) is 13.2. The van der Waals surface area contributed by atoms with Gasteiger partial charge in [-0.3, -0.25) is 4.79 Å². The SMILES string of the molecule is CCC(C)(C)c1cc2cc(NC(=O)C3(c4ccc(O)c(O)c4)CC3)ccc2[nH]1. The van der Waals surface area contributed by atoms with E-state index in [0.29, 0.717) is 0 Å². The van der Waals surface area contributed by atoms with E-state index in [0.717, 1.165) is 41.4 Å². The minimum atomic E-state index is -0.631. The molecule has 1 saturated carbocycles. The van der Waals surface area contributed by atoms with Crippen LogP contribution in [0, 0.1) is 0 Å². The fourth-order valence-corrected chi connectivity index (χ4v) is 3.61. The molecule has 28 heavy (non-hydrogen) atoms. The predicted octanol–water partition coefficient (Wildman–Crippen LogP) is 4.94. The van der Waals surface area contributed by atoms with Crippen LogP contribution in [0.1, 0.15) is 51.3 Å². The number of aromatic amines is 1. The molecule has 0 atom stereocenters. The van der Waals surface area contributed by atoms with Crippen LogP contribution >= 0.6 is 0 Å². The van der Waals surface area contributed by atoms with Crippen molar-refractivity contribution in [3.63, 3.8) is 0 Å². The zero-order valence-corrected chi connectivity index (χ0v) is 16.5. The third kappa shape index (κ3) is 3.01. The van der Waals surface area contributed by atoms with Crippen molar-refractivity contribution < 1.29 is 15.0 Å². The Morgan fingerprint density at radius 3 is 2.50 bits per heavy atom. The van der Waals surface area contributed by atoms with Gasteiger partial charge in [0.05, 0.1) is 5.41 Å². The van der Waals surface area contributed by atoms with Gasteiger partial charge in [-0.15, -0.1) is 0 Å². The van der Waals surface area contributed by atoms with E-state index in [1.165, 1.54) is 17.8 Å². The molecular formula is C23H26N2O3. The second-order valence-corrected chi connectivity index (χ2v) is 8.46. The summed E-state index contributed by atoms with van der Waals surface area (Å²) in [4.78, 5) is 16.5. The lowest BCUT2D eigenvalue weighted by molar-refractivity contribution is -0.118. The van der Waals surface area contributed by atoms with Crippen LogP contribution in [0.25, 0.3) is 10.9 Å². The number of carbonyl (C=O) groups excluding carboxylic acids is 1. The fraction of sp³-hybridized carbons (Fsp3) is 0.348. The molecule has 0 unspecified atom stereocenters. The Hall–Kier alpha value is -2.95. The molecule has 3 aromatic rings. The maximum absolute atomic E-state index is 13.0. The summed E-state index contributed by atoms with van der Waals surface area (Å²) in [5.74, 6) is -0.457. The molecule has 0 radical (unpaired) electrons. The summed E-state index contributed by atoms with van der Waals surface area (Å²) in [6.07, 6.45) is 2.49. The van der Waals surface area contributed by atoms with Gasteiger partial charge < -0.3 is 20.5 Å². The second kappa shape index (κ2) is 6.30. The summed E-state index contributed by atoms with van der Waals surface area (Å²) < 4.78 is 0. The van der Waals surface area contributed by atoms with Crippen LogP contribution in [-0.2, 0) is 15.6 Å². The molecule has 4 rings (SSSR count). The van der Waals surface area contributed by atoms with Crippen LogP contribution in [0.2, 0.25) is 0 Å². The van der Waals surface area contributed by atoms with Gasteiger partial charge >= 0.3 is 0 Å². The number of aromatic hydroxyl groups is 2. The third-order valence-electron chi connectivity index (χ3n) is 6.20. The van der Waals surface area contributed by atoms with Gasteiger partial charge in [0.1, 0.15) is 0 Å². The summed E-state index contributed by atoms with van der Waals surface area (Å²) in [6, 6.07) is 12.7. The molecule has 5 heteroatoms. The molecule has 1 amide bonds. The standard InChI is InChI=1S/C23H26N2O3/c1-4-22(2,3)20-12-14-11-16(6-7-17(14)25-20)24-21(28)23(9-10-23)15-5-8-18(26)19(27)13-15/h5-8,11-13,25-27H,4,9-10H2,1-3H3,(H,24,28). The maximum atomic E-state index is 13.0. The number of carbonyl (C=O) groups is 1. The number of fused-ring (bicyclic) bond motifs is 1. The molecule has 1 heterocycles. The highest BCUT2D eigenvalue weighted by molar-refractivity contribution is 6.02. The molecule has 0 aliphatic heterocycles. The van der Waals surface area contributed by atoms with Crippen molar-refractivity contribution in [2.24, 2.45) is 0 Å². The molecule has 0 saturated heterocycles. The molecular weight excluding hydrogens is 352 g/mol. The average molecular weight is 378 g/mol. The lowest BCUT2D eigenvalue weighted by atomic mass is 9.86. The fourth-order valence-electron chi connectivity index (χ4n) is 3.61. The molecule has 1 aliphatic rings. The van der Waals surface area contributed by atoms with Gasteiger partial charge in [0.2, 0.25) is 5.91 Å². The van der Waals surface area contributed by atoms with E-state index in [-0.39, 0.29) is 22.8 Å². The molecule has 146 valence electrons. The first kappa shape index (κ1) is 18.4. The van der Waals surface area contributed by atoms with E-state index in [2.05, 4.69) is 37.1 Å².